The molecule has 0 aromatic heterocycles. The molecule has 0 spiro atoms. The molecule has 0 heterocycles. The summed E-state index contributed by atoms with van der Waals surface area (Å²) in [6.07, 6.45) is 0. The summed E-state index contributed by atoms with van der Waals surface area (Å²) in [6, 6.07) is 7.62. The maximum absolute atomic E-state index is 13.9. The van der Waals surface area contributed by atoms with E-state index in [1.54, 1.807) is 19.2 Å². The van der Waals surface area contributed by atoms with Crippen molar-refractivity contribution in [3.05, 3.63) is 56.8 Å². The van der Waals surface area contributed by atoms with Crippen LogP contribution >= 0.6 is 34.8 Å². The van der Waals surface area contributed by atoms with Gasteiger partial charge in [0, 0.05) is 18.2 Å². The third-order valence-electron chi connectivity index (χ3n) is 2.60. The van der Waals surface area contributed by atoms with Crippen molar-refractivity contribution in [3.8, 4) is 11.5 Å². The van der Waals surface area contributed by atoms with Gasteiger partial charge in [-0.25, -0.2) is 4.39 Å². The minimum absolute atomic E-state index is 0.113. The van der Waals surface area contributed by atoms with Crippen LogP contribution in [0.1, 0.15) is 5.56 Å². The van der Waals surface area contributed by atoms with Crippen LogP contribution in [0.5, 0.6) is 11.5 Å². The van der Waals surface area contributed by atoms with E-state index in [-0.39, 0.29) is 21.5 Å². The highest BCUT2D eigenvalue weighted by atomic mass is 35.5. The van der Waals surface area contributed by atoms with Crippen molar-refractivity contribution < 1.29 is 9.13 Å². The third-order valence-corrected chi connectivity index (χ3v) is 3.62. The molecule has 1 N–H and O–H groups in total. The number of rotatable bonds is 4. The van der Waals surface area contributed by atoms with Gasteiger partial charge in [-0.05, 0) is 19.2 Å². The predicted molar refractivity (Wildman–Crippen MR) is 80.7 cm³/mol. The molecule has 6 heteroatoms. The minimum Gasteiger partial charge on any atom is -0.452 e. The molecule has 2 rings (SSSR count). The Morgan fingerprint density at radius 2 is 1.80 bits per heavy atom. The van der Waals surface area contributed by atoms with Gasteiger partial charge in [0.1, 0.15) is 5.75 Å². The average Bonchev–Trinajstić information content (AvgIpc) is 2.40. The summed E-state index contributed by atoms with van der Waals surface area (Å²) >= 11 is 17.8. The van der Waals surface area contributed by atoms with Gasteiger partial charge in [0.25, 0.3) is 0 Å². The van der Waals surface area contributed by atoms with E-state index in [1.807, 2.05) is 0 Å². The largest absolute Gasteiger partial charge is 0.452 e. The minimum atomic E-state index is -0.472. The van der Waals surface area contributed by atoms with Gasteiger partial charge in [-0.1, -0.05) is 46.9 Å². The highest BCUT2D eigenvalue weighted by Gasteiger charge is 2.14. The van der Waals surface area contributed by atoms with Crippen LogP contribution in [0.2, 0.25) is 15.1 Å². The summed E-state index contributed by atoms with van der Waals surface area (Å²) in [6.45, 7) is 0.464. The van der Waals surface area contributed by atoms with Crippen molar-refractivity contribution in [2.45, 2.75) is 6.54 Å². The van der Waals surface area contributed by atoms with Crippen LogP contribution in [0.3, 0.4) is 0 Å². The number of para-hydroxylation sites is 1. The van der Waals surface area contributed by atoms with E-state index in [0.717, 1.165) is 0 Å². The van der Waals surface area contributed by atoms with Gasteiger partial charge >= 0.3 is 0 Å². The molecule has 0 fully saturated rings. The summed E-state index contributed by atoms with van der Waals surface area (Å²) in [5, 5.41) is 3.81. The van der Waals surface area contributed by atoms with Crippen LogP contribution < -0.4 is 10.1 Å². The Balaban J connectivity index is 2.42. The van der Waals surface area contributed by atoms with Gasteiger partial charge in [0.15, 0.2) is 11.6 Å². The zero-order valence-electron chi connectivity index (χ0n) is 10.5. The van der Waals surface area contributed by atoms with Crippen LogP contribution in [0, 0.1) is 5.82 Å². The third kappa shape index (κ3) is 3.36. The molecule has 2 aromatic rings. The second-order valence-electron chi connectivity index (χ2n) is 4.06. The molecule has 0 saturated carbocycles. The van der Waals surface area contributed by atoms with Gasteiger partial charge in [-0.2, -0.15) is 0 Å². The van der Waals surface area contributed by atoms with Gasteiger partial charge in [0.2, 0.25) is 0 Å². The zero-order valence-corrected chi connectivity index (χ0v) is 12.8. The van der Waals surface area contributed by atoms with E-state index in [0.29, 0.717) is 17.1 Å². The Bertz CT molecular complexity index is 634. The maximum Gasteiger partial charge on any atom is 0.167 e. The molecule has 0 radical (unpaired) electrons. The number of ether oxygens (including phenoxy) is 1. The quantitative estimate of drug-likeness (QED) is 0.766. The molecule has 0 bridgehead atoms. The molecule has 0 atom stereocenters. The summed E-state index contributed by atoms with van der Waals surface area (Å²) in [5.41, 5.74) is 0.676. The number of hydrogen-bond acceptors (Lipinski definition) is 2. The molecule has 0 saturated heterocycles. The van der Waals surface area contributed by atoms with Gasteiger partial charge in [-0.3, -0.25) is 0 Å². The first-order valence-corrected chi connectivity index (χ1v) is 6.90. The Labute approximate surface area is 131 Å². The average molecular weight is 335 g/mol. The Morgan fingerprint density at radius 1 is 1.10 bits per heavy atom. The molecule has 0 aliphatic heterocycles. The van der Waals surface area contributed by atoms with E-state index >= 15 is 0 Å². The van der Waals surface area contributed by atoms with Crippen molar-refractivity contribution in [2.24, 2.45) is 0 Å². The fourth-order valence-corrected chi connectivity index (χ4v) is 2.27. The van der Waals surface area contributed by atoms with Crippen LogP contribution in [0.25, 0.3) is 0 Å². The number of hydrogen-bond donors (Lipinski definition) is 1. The Morgan fingerprint density at radius 3 is 2.50 bits per heavy atom. The SMILES string of the molecule is CNCc1cccc(F)c1Oc1cc(Cl)c(Cl)cc1Cl. The smallest absolute Gasteiger partial charge is 0.167 e. The molecule has 0 amide bonds. The predicted octanol–water partition coefficient (Wildman–Crippen LogP) is 5.30. The highest BCUT2D eigenvalue weighted by Crippen LogP contribution is 2.38. The zero-order chi connectivity index (χ0) is 14.7. The standard InChI is InChI=1S/C14H11Cl3FNO/c1-19-7-8-3-2-4-12(18)14(8)20-13-6-10(16)9(15)5-11(13)17/h2-6,19H,7H2,1H3. The lowest BCUT2D eigenvalue weighted by Gasteiger charge is -2.13. The van der Waals surface area contributed by atoms with Crippen molar-refractivity contribution in [1.29, 1.82) is 0 Å². The lowest BCUT2D eigenvalue weighted by molar-refractivity contribution is 0.435. The van der Waals surface area contributed by atoms with E-state index < -0.39 is 5.82 Å². The van der Waals surface area contributed by atoms with Gasteiger partial charge < -0.3 is 10.1 Å². The van der Waals surface area contributed by atoms with E-state index in [4.69, 9.17) is 39.5 Å². The normalized spacial score (nSPS) is 10.7. The lowest BCUT2D eigenvalue weighted by atomic mass is 10.2. The first-order valence-electron chi connectivity index (χ1n) is 5.77. The monoisotopic (exact) mass is 333 g/mol. The van der Waals surface area contributed by atoms with E-state index in [2.05, 4.69) is 5.32 Å². The van der Waals surface area contributed by atoms with Gasteiger partial charge in [0.05, 0.1) is 15.1 Å². The fraction of sp³-hybridized carbons (Fsp3) is 0.143. The number of nitrogens with one attached hydrogen (secondary N) is 1. The number of halogens is 4. The summed E-state index contributed by atoms with van der Waals surface area (Å²) in [4.78, 5) is 0. The van der Waals surface area contributed by atoms with E-state index in [1.165, 1.54) is 18.2 Å². The lowest BCUT2D eigenvalue weighted by Crippen LogP contribution is -2.07. The van der Waals surface area contributed by atoms with Crippen molar-refractivity contribution >= 4 is 34.8 Å². The van der Waals surface area contributed by atoms with Crippen LogP contribution in [0.4, 0.5) is 4.39 Å². The fourth-order valence-electron chi connectivity index (χ4n) is 1.69. The van der Waals surface area contributed by atoms with Crippen molar-refractivity contribution in [2.75, 3.05) is 7.05 Å². The first-order chi connectivity index (χ1) is 9.52. The molecule has 0 aliphatic carbocycles. The molecule has 0 unspecified atom stereocenters. The molecule has 0 aliphatic rings. The molecule has 2 nitrogen and oxygen atoms in total. The molecular weight excluding hydrogens is 324 g/mol. The summed E-state index contributed by atoms with van der Waals surface area (Å²) < 4.78 is 19.5. The highest BCUT2D eigenvalue weighted by molar-refractivity contribution is 6.43. The second-order valence-corrected chi connectivity index (χ2v) is 5.28. The Kier molecular flexibility index (Phi) is 5.11. The first kappa shape index (κ1) is 15.4. The van der Waals surface area contributed by atoms with Crippen LogP contribution in [-0.2, 0) is 6.54 Å². The summed E-state index contributed by atoms with van der Waals surface area (Å²) in [5.74, 6) is -0.106. The van der Waals surface area contributed by atoms with Crippen LogP contribution in [0.15, 0.2) is 30.3 Å². The number of benzene rings is 2. The molecule has 2 aromatic carbocycles. The maximum atomic E-state index is 13.9. The molecule has 106 valence electrons. The van der Waals surface area contributed by atoms with E-state index in [9.17, 15) is 4.39 Å². The second kappa shape index (κ2) is 6.64. The molecular formula is C14H11Cl3FNO. The van der Waals surface area contributed by atoms with Crippen molar-refractivity contribution in [3.63, 3.8) is 0 Å². The van der Waals surface area contributed by atoms with Crippen LogP contribution in [-0.4, -0.2) is 7.05 Å². The van der Waals surface area contributed by atoms with Gasteiger partial charge in [-0.15, -0.1) is 0 Å². The van der Waals surface area contributed by atoms with Crippen molar-refractivity contribution in [1.82, 2.24) is 5.32 Å². The molecule has 20 heavy (non-hydrogen) atoms. The topological polar surface area (TPSA) is 21.3 Å². The Hall–Kier alpha value is -1.000. The summed E-state index contributed by atoms with van der Waals surface area (Å²) in [7, 11) is 1.76.